The second-order valence-electron chi connectivity index (χ2n) is 6.25. The van der Waals surface area contributed by atoms with E-state index in [1.165, 1.54) is 0 Å². The molecule has 0 bridgehead atoms. The van der Waals surface area contributed by atoms with Gasteiger partial charge in [-0.15, -0.1) is 0 Å². The fraction of sp³-hybridized carbons (Fsp3) is 0.667. The number of aromatic nitrogens is 4. The van der Waals surface area contributed by atoms with Crippen LogP contribution >= 0.6 is 0 Å². The van der Waals surface area contributed by atoms with Crippen molar-refractivity contribution in [2.45, 2.75) is 13.1 Å². The lowest BCUT2D eigenvalue weighted by atomic mass is 10.4. The van der Waals surface area contributed by atoms with Crippen LogP contribution < -0.4 is 5.73 Å². The lowest BCUT2D eigenvalue weighted by Crippen LogP contribution is -2.29. The van der Waals surface area contributed by atoms with E-state index < -0.39 is 0 Å². The SMILES string of the molecule is Cn1ccnc1CN(CCOCCOCCOCCN)Cc1nccn1C. The normalized spacial score (nSPS) is 11.6. The van der Waals surface area contributed by atoms with Crippen LogP contribution in [0.2, 0.25) is 0 Å². The first-order chi connectivity index (χ1) is 13.2. The Morgan fingerprint density at radius 3 is 1.74 bits per heavy atom. The fourth-order valence-corrected chi connectivity index (χ4v) is 2.53. The van der Waals surface area contributed by atoms with Crippen LogP contribution in [-0.2, 0) is 41.4 Å². The summed E-state index contributed by atoms with van der Waals surface area (Å²) in [7, 11) is 4.01. The number of rotatable bonds is 15. The highest BCUT2D eigenvalue weighted by Crippen LogP contribution is 2.07. The van der Waals surface area contributed by atoms with Crippen LogP contribution in [0.25, 0.3) is 0 Å². The Morgan fingerprint density at radius 1 is 0.815 bits per heavy atom. The molecule has 2 aromatic rings. The summed E-state index contributed by atoms with van der Waals surface area (Å²) < 4.78 is 20.5. The number of hydrogen-bond donors (Lipinski definition) is 1. The summed E-state index contributed by atoms with van der Waals surface area (Å²) in [4.78, 5) is 11.1. The molecule has 9 nitrogen and oxygen atoms in total. The third-order valence-corrected chi connectivity index (χ3v) is 4.13. The molecule has 0 amide bonds. The van der Waals surface area contributed by atoms with Gasteiger partial charge in [0.15, 0.2) is 0 Å². The summed E-state index contributed by atoms with van der Waals surface area (Å²) in [5.41, 5.74) is 5.35. The summed E-state index contributed by atoms with van der Waals surface area (Å²) in [5.74, 6) is 2.04. The molecule has 0 saturated carbocycles. The molecule has 0 saturated heterocycles. The number of aryl methyl sites for hydroxylation is 2. The van der Waals surface area contributed by atoms with Gasteiger partial charge in [0, 0.05) is 52.0 Å². The second-order valence-corrected chi connectivity index (χ2v) is 6.25. The van der Waals surface area contributed by atoms with Crippen LogP contribution in [0.15, 0.2) is 24.8 Å². The average molecular weight is 380 g/mol. The number of hydrogen-bond acceptors (Lipinski definition) is 7. The van der Waals surface area contributed by atoms with E-state index in [-0.39, 0.29) is 0 Å². The number of ether oxygens (including phenoxy) is 3. The summed E-state index contributed by atoms with van der Waals surface area (Å²) in [5, 5.41) is 0. The minimum absolute atomic E-state index is 0.538. The van der Waals surface area contributed by atoms with Gasteiger partial charge in [0.2, 0.25) is 0 Å². The first-order valence-corrected chi connectivity index (χ1v) is 9.28. The van der Waals surface area contributed by atoms with Crippen LogP contribution in [0, 0.1) is 0 Å². The third kappa shape index (κ3) is 8.19. The largest absolute Gasteiger partial charge is 0.378 e. The van der Waals surface area contributed by atoms with Crippen molar-refractivity contribution < 1.29 is 14.2 Å². The van der Waals surface area contributed by atoms with Gasteiger partial charge in [0.1, 0.15) is 11.6 Å². The molecule has 0 atom stereocenters. The maximum atomic E-state index is 5.71. The molecule has 0 spiro atoms. The van der Waals surface area contributed by atoms with Gasteiger partial charge >= 0.3 is 0 Å². The Balaban J connectivity index is 1.67. The van der Waals surface area contributed by atoms with E-state index in [2.05, 4.69) is 14.9 Å². The summed E-state index contributed by atoms with van der Waals surface area (Å²) >= 11 is 0. The van der Waals surface area contributed by atoms with Gasteiger partial charge in [-0.2, -0.15) is 0 Å². The van der Waals surface area contributed by atoms with Crippen molar-refractivity contribution >= 4 is 0 Å². The first-order valence-electron chi connectivity index (χ1n) is 9.28. The average Bonchev–Trinajstić information content (AvgIpc) is 3.25. The minimum Gasteiger partial charge on any atom is -0.378 e. The van der Waals surface area contributed by atoms with Crippen molar-refractivity contribution in [3.05, 3.63) is 36.4 Å². The summed E-state index contributed by atoms with van der Waals surface area (Å²) in [6, 6.07) is 0. The van der Waals surface area contributed by atoms with Crippen molar-refractivity contribution in [3.8, 4) is 0 Å². The molecule has 0 aromatic carbocycles. The summed E-state index contributed by atoms with van der Waals surface area (Å²) in [6.45, 7) is 6.27. The van der Waals surface area contributed by atoms with Crippen LogP contribution in [-0.4, -0.2) is 76.7 Å². The van der Waals surface area contributed by atoms with Crippen LogP contribution in [0.4, 0.5) is 0 Å². The lowest BCUT2D eigenvalue weighted by molar-refractivity contribution is 0.0107. The highest BCUT2D eigenvalue weighted by Gasteiger charge is 2.12. The molecule has 2 heterocycles. The highest BCUT2D eigenvalue weighted by atomic mass is 16.5. The Kier molecular flexibility index (Phi) is 10.0. The van der Waals surface area contributed by atoms with Gasteiger partial charge in [0.05, 0.1) is 52.7 Å². The zero-order valence-corrected chi connectivity index (χ0v) is 16.4. The molecule has 0 aliphatic rings. The molecule has 152 valence electrons. The molecule has 2 rings (SSSR count). The number of imidazole rings is 2. The lowest BCUT2D eigenvalue weighted by Gasteiger charge is -2.21. The van der Waals surface area contributed by atoms with E-state index in [4.69, 9.17) is 19.9 Å². The first kappa shape index (κ1) is 21.5. The maximum absolute atomic E-state index is 5.71. The van der Waals surface area contributed by atoms with Gasteiger partial charge in [-0.3, -0.25) is 4.90 Å². The van der Waals surface area contributed by atoms with Gasteiger partial charge < -0.3 is 29.1 Å². The Hall–Kier alpha value is -1.78. The molecule has 9 heteroatoms. The quantitative estimate of drug-likeness (QED) is 0.440. The molecule has 0 radical (unpaired) electrons. The van der Waals surface area contributed by atoms with Gasteiger partial charge in [0.25, 0.3) is 0 Å². The molecule has 0 unspecified atom stereocenters. The summed E-state index contributed by atoms with van der Waals surface area (Å²) in [6.07, 6.45) is 7.55. The second kappa shape index (κ2) is 12.6. The number of nitrogens with two attached hydrogens (primary N) is 1. The Bertz CT molecular complexity index is 588. The van der Waals surface area contributed by atoms with E-state index >= 15 is 0 Å². The van der Waals surface area contributed by atoms with Gasteiger partial charge in [-0.05, 0) is 0 Å². The van der Waals surface area contributed by atoms with E-state index in [1.54, 1.807) is 0 Å². The van der Waals surface area contributed by atoms with Crippen molar-refractivity contribution in [3.63, 3.8) is 0 Å². The van der Waals surface area contributed by atoms with E-state index in [0.29, 0.717) is 46.2 Å². The van der Waals surface area contributed by atoms with Crippen LogP contribution in [0.3, 0.4) is 0 Å². The molecule has 0 fully saturated rings. The Labute approximate surface area is 161 Å². The maximum Gasteiger partial charge on any atom is 0.122 e. The zero-order valence-electron chi connectivity index (χ0n) is 16.4. The zero-order chi connectivity index (χ0) is 19.3. The monoisotopic (exact) mass is 380 g/mol. The van der Waals surface area contributed by atoms with E-state index in [0.717, 1.165) is 31.3 Å². The van der Waals surface area contributed by atoms with Crippen LogP contribution in [0.5, 0.6) is 0 Å². The minimum atomic E-state index is 0.538. The fourth-order valence-electron chi connectivity index (χ4n) is 2.53. The molecule has 0 aliphatic heterocycles. The Morgan fingerprint density at radius 2 is 1.30 bits per heavy atom. The molecular weight excluding hydrogens is 348 g/mol. The number of nitrogens with zero attached hydrogens (tertiary/aromatic N) is 5. The topological polar surface area (TPSA) is 92.6 Å². The standard InChI is InChI=1S/C18H32N6O3/c1-22-6-4-20-17(22)15-24(16-18-21-5-7-23(18)2)8-10-26-12-14-27-13-11-25-9-3-19/h4-7H,3,8-16,19H2,1-2H3. The van der Waals surface area contributed by atoms with Gasteiger partial charge in [-0.25, -0.2) is 9.97 Å². The van der Waals surface area contributed by atoms with E-state index in [9.17, 15) is 0 Å². The molecule has 27 heavy (non-hydrogen) atoms. The van der Waals surface area contributed by atoms with Crippen molar-refractivity contribution in [2.75, 3.05) is 52.7 Å². The van der Waals surface area contributed by atoms with Crippen molar-refractivity contribution in [1.82, 2.24) is 24.0 Å². The highest BCUT2D eigenvalue weighted by molar-refractivity contribution is 4.94. The van der Waals surface area contributed by atoms with Crippen molar-refractivity contribution in [1.29, 1.82) is 0 Å². The predicted molar refractivity (Wildman–Crippen MR) is 102 cm³/mol. The van der Waals surface area contributed by atoms with Gasteiger partial charge in [-0.1, -0.05) is 0 Å². The third-order valence-electron chi connectivity index (χ3n) is 4.13. The predicted octanol–water partition coefficient (Wildman–Crippen LogP) is 0.164. The smallest absolute Gasteiger partial charge is 0.122 e. The molecular formula is C18H32N6O3. The molecule has 0 aliphatic carbocycles. The molecule has 2 aromatic heterocycles. The van der Waals surface area contributed by atoms with Crippen LogP contribution in [0.1, 0.15) is 11.6 Å². The van der Waals surface area contributed by atoms with E-state index in [1.807, 2.05) is 48.0 Å². The van der Waals surface area contributed by atoms with Crippen molar-refractivity contribution in [2.24, 2.45) is 19.8 Å². The molecule has 2 N–H and O–H groups in total.